The number of benzene rings is 2. The molecule has 0 aliphatic carbocycles. The number of carbonyl (C=O) groups is 1. The molecule has 0 saturated heterocycles. The maximum atomic E-state index is 12.5. The van der Waals surface area contributed by atoms with E-state index in [9.17, 15) is 13.2 Å². The van der Waals surface area contributed by atoms with Gasteiger partial charge in [0.1, 0.15) is 0 Å². The first-order valence-corrected chi connectivity index (χ1v) is 10.3. The van der Waals surface area contributed by atoms with Crippen LogP contribution < -0.4 is 10.2 Å². The molecule has 2 rings (SSSR count). The molecule has 27 heavy (non-hydrogen) atoms. The van der Waals surface area contributed by atoms with Crippen LogP contribution in [0.25, 0.3) is 0 Å². The van der Waals surface area contributed by atoms with Crippen LogP contribution >= 0.6 is 0 Å². The first kappa shape index (κ1) is 20.9. The summed E-state index contributed by atoms with van der Waals surface area (Å²) in [5.41, 5.74) is 1.51. The molecular formula is C20H27N3O3S. The van der Waals surface area contributed by atoms with E-state index >= 15 is 0 Å². The minimum Gasteiger partial charge on any atom is -0.373 e. The molecule has 0 aliphatic rings. The lowest BCUT2D eigenvalue weighted by molar-refractivity contribution is 0.0954. The standard InChI is InChI=1S/C20H27N3O3S/c1-16(2)23(4)27(25,26)19-12-10-17(11-13-19)20(24)21-14-15-22(3)18-8-6-5-7-9-18/h5-13,16H,14-15H2,1-4H3,(H,21,24). The molecule has 0 bridgehead atoms. The largest absolute Gasteiger partial charge is 0.373 e. The SMILES string of the molecule is CC(C)N(C)S(=O)(=O)c1ccc(C(=O)NCCN(C)c2ccccc2)cc1. The van der Waals surface area contributed by atoms with E-state index in [-0.39, 0.29) is 16.8 Å². The number of nitrogens with zero attached hydrogens (tertiary/aromatic N) is 2. The van der Waals surface area contributed by atoms with Crippen molar-refractivity contribution in [1.29, 1.82) is 0 Å². The van der Waals surface area contributed by atoms with Gasteiger partial charge in [-0.05, 0) is 50.2 Å². The number of hydrogen-bond donors (Lipinski definition) is 1. The van der Waals surface area contributed by atoms with Crippen LogP contribution in [0.5, 0.6) is 0 Å². The maximum absolute atomic E-state index is 12.5. The van der Waals surface area contributed by atoms with Crippen LogP contribution in [0.3, 0.4) is 0 Å². The quantitative estimate of drug-likeness (QED) is 0.753. The van der Waals surface area contributed by atoms with Crippen molar-refractivity contribution in [3.8, 4) is 0 Å². The van der Waals surface area contributed by atoms with Crippen LogP contribution in [0.4, 0.5) is 5.69 Å². The Morgan fingerprint density at radius 3 is 2.15 bits per heavy atom. The van der Waals surface area contributed by atoms with Gasteiger partial charge in [-0.2, -0.15) is 4.31 Å². The fourth-order valence-electron chi connectivity index (χ4n) is 2.47. The van der Waals surface area contributed by atoms with Gasteiger partial charge in [0.25, 0.3) is 5.91 Å². The van der Waals surface area contributed by atoms with E-state index in [2.05, 4.69) is 10.2 Å². The number of likely N-dealkylation sites (N-methyl/N-ethyl adjacent to an activating group) is 1. The summed E-state index contributed by atoms with van der Waals surface area (Å²) in [7, 11) is -0.0344. The molecule has 0 saturated carbocycles. The van der Waals surface area contributed by atoms with Gasteiger partial charge in [0.15, 0.2) is 0 Å². The van der Waals surface area contributed by atoms with Crippen molar-refractivity contribution in [1.82, 2.24) is 9.62 Å². The van der Waals surface area contributed by atoms with E-state index in [0.717, 1.165) is 5.69 Å². The Morgan fingerprint density at radius 1 is 1.00 bits per heavy atom. The van der Waals surface area contributed by atoms with Crippen LogP contribution in [-0.2, 0) is 10.0 Å². The second-order valence-corrected chi connectivity index (χ2v) is 8.65. The highest BCUT2D eigenvalue weighted by Gasteiger charge is 2.23. The lowest BCUT2D eigenvalue weighted by Gasteiger charge is -2.21. The second-order valence-electron chi connectivity index (χ2n) is 6.65. The van der Waals surface area contributed by atoms with Crippen molar-refractivity contribution >= 4 is 21.6 Å². The fourth-order valence-corrected chi connectivity index (χ4v) is 3.84. The highest BCUT2D eigenvalue weighted by atomic mass is 32.2. The Balaban J connectivity index is 1.94. The third-order valence-corrected chi connectivity index (χ3v) is 6.50. The zero-order valence-corrected chi connectivity index (χ0v) is 17.0. The van der Waals surface area contributed by atoms with Gasteiger partial charge < -0.3 is 10.2 Å². The molecule has 1 N–H and O–H groups in total. The maximum Gasteiger partial charge on any atom is 0.251 e. The first-order chi connectivity index (χ1) is 12.7. The van der Waals surface area contributed by atoms with Gasteiger partial charge in [-0.3, -0.25) is 4.79 Å². The molecular weight excluding hydrogens is 362 g/mol. The topological polar surface area (TPSA) is 69.7 Å². The normalized spacial score (nSPS) is 11.6. The fraction of sp³-hybridized carbons (Fsp3) is 0.350. The lowest BCUT2D eigenvalue weighted by atomic mass is 10.2. The number of para-hydroxylation sites is 1. The number of rotatable bonds is 8. The van der Waals surface area contributed by atoms with E-state index in [1.165, 1.54) is 28.6 Å². The van der Waals surface area contributed by atoms with Gasteiger partial charge in [0.05, 0.1) is 4.90 Å². The summed E-state index contributed by atoms with van der Waals surface area (Å²) in [4.78, 5) is 14.5. The van der Waals surface area contributed by atoms with Gasteiger partial charge in [-0.25, -0.2) is 8.42 Å². The molecule has 0 atom stereocenters. The molecule has 146 valence electrons. The molecule has 0 heterocycles. The number of nitrogens with one attached hydrogen (secondary N) is 1. The number of amides is 1. The van der Waals surface area contributed by atoms with Crippen molar-refractivity contribution in [2.24, 2.45) is 0 Å². The summed E-state index contributed by atoms with van der Waals surface area (Å²) in [6.07, 6.45) is 0. The van der Waals surface area contributed by atoms with Crippen molar-refractivity contribution in [3.63, 3.8) is 0 Å². The van der Waals surface area contributed by atoms with Gasteiger partial charge in [0.2, 0.25) is 10.0 Å². The van der Waals surface area contributed by atoms with Crippen LogP contribution in [0.2, 0.25) is 0 Å². The molecule has 0 spiro atoms. The summed E-state index contributed by atoms with van der Waals surface area (Å²) in [5, 5.41) is 2.86. The Kier molecular flexibility index (Phi) is 6.98. The third-order valence-electron chi connectivity index (χ3n) is 4.45. The molecule has 0 radical (unpaired) electrons. The van der Waals surface area contributed by atoms with E-state index in [1.807, 2.05) is 51.2 Å². The van der Waals surface area contributed by atoms with Crippen LogP contribution in [0.15, 0.2) is 59.5 Å². The predicted octanol–water partition coefficient (Wildman–Crippen LogP) is 2.58. The smallest absolute Gasteiger partial charge is 0.251 e. The zero-order chi connectivity index (χ0) is 20.0. The summed E-state index contributed by atoms with van der Waals surface area (Å²) >= 11 is 0. The number of carbonyl (C=O) groups excluding carboxylic acids is 1. The molecule has 0 unspecified atom stereocenters. The number of hydrogen-bond acceptors (Lipinski definition) is 4. The Morgan fingerprint density at radius 2 is 1.59 bits per heavy atom. The number of sulfonamides is 1. The molecule has 1 amide bonds. The highest BCUT2D eigenvalue weighted by molar-refractivity contribution is 7.89. The summed E-state index contributed by atoms with van der Waals surface area (Å²) < 4.78 is 26.2. The van der Waals surface area contributed by atoms with Crippen molar-refractivity contribution in [3.05, 3.63) is 60.2 Å². The molecule has 0 aromatic heterocycles. The van der Waals surface area contributed by atoms with Gasteiger partial charge in [-0.1, -0.05) is 18.2 Å². The van der Waals surface area contributed by atoms with Crippen molar-refractivity contribution < 1.29 is 13.2 Å². The minimum absolute atomic E-state index is 0.139. The summed E-state index contributed by atoms with van der Waals surface area (Å²) in [6.45, 7) is 4.78. The highest BCUT2D eigenvalue weighted by Crippen LogP contribution is 2.17. The third kappa shape index (κ3) is 5.30. The lowest BCUT2D eigenvalue weighted by Crippen LogP contribution is -2.33. The molecule has 0 aliphatic heterocycles. The van der Waals surface area contributed by atoms with E-state index in [4.69, 9.17) is 0 Å². The van der Waals surface area contributed by atoms with Crippen LogP contribution in [-0.4, -0.2) is 51.9 Å². The van der Waals surface area contributed by atoms with E-state index < -0.39 is 10.0 Å². The first-order valence-electron chi connectivity index (χ1n) is 8.86. The number of anilines is 1. The Bertz CT molecular complexity index is 850. The van der Waals surface area contributed by atoms with Gasteiger partial charge in [-0.15, -0.1) is 0 Å². The van der Waals surface area contributed by atoms with Crippen molar-refractivity contribution in [2.75, 3.05) is 32.1 Å². The molecule has 2 aromatic rings. The average Bonchev–Trinajstić information content (AvgIpc) is 2.67. The van der Waals surface area contributed by atoms with E-state index in [0.29, 0.717) is 18.7 Å². The van der Waals surface area contributed by atoms with Gasteiger partial charge in [0, 0.05) is 44.5 Å². The second kappa shape index (κ2) is 9.01. The predicted molar refractivity (Wildman–Crippen MR) is 109 cm³/mol. The van der Waals surface area contributed by atoms with Crippen LogP contribution in [0.1, 0.15) is 24.2 Å². The monoisotopic (exact) mass is 389 g/mol. The van der Waals surface area contributed by atoms with Crippen LogP contribution in [0, 0.1) is 0 Å². The molecule has 0 fully saturated rings. The average molecular weight is 390 g/mol. The molecule has 6 nitrogen and oxygen atoms in total. The molecule has 7 heteroatoms. The Hall–Kier alpha value is -2.38. The summed E-state index contributed by atoms with van der Waals surface area (Å²) in [6, 6.07) is 15.8. The Labute approximate surface area is 161 Å². The van der Waals surface area contributed by atoms with E-state index in [1.54, 1.807) is 7.05 Å². The molecule has 2 aromatic carbocycles. The van der Waals surface area contributed by atoms with Gasteiger partial charge >= 0.3 is 0 Å². The zero-order valence-electron chi connectivity index (χ0n) is 16.2. The minimum atomic E-state index is -3.54. The summed E-state index contributed by atoms with van der Waals surface area (Å²) in [5.74, 6) is -0.224. The van der Waals surface area contributed by atoms with Crippen molar-refractivity contribution in [2.45, 2.75) is 24.8 Å².